The summed E-state index contributed by atoms with van der Waals surface area (Å²) < 4.78 is 32.7. The number of fused-ring (bicyclic) bond motifs is 1. The number of anilines is 1. The molecule has 1 aliphatic carbocycles. The fraction of sp³-hybridized carbons (Fsp3) is 0.520. The van der Waals surface area contributed by atoms with E-state index >= 15 is 0 Å². The van der Waals surface area contributed by atoms with Crippen molar-refractivity contribution < 1.29 is 22.7 Å². The van der Waals surface area contributed by atoms with Crippen molar-refractivity contribution in [1.82, 2.24) is 9.21 Å². The van der Waals surface area contributed by atoms with Gasteiger partial charge in [0.15, 0.2) is 0 Å². The summed E-state index contributed by atoms with van der Waals surface area (Å²) in [6.45, 7) is 4.59. The molecule has 0 atom stereocenters. The molecule has 0 spiro atoms. The van der Waals surface area contributed by atoms with Crippen molar-refractivity contribution in [2.45, 2.75) is 62.9 Å². The summed E-state index contributed by atoms with van der Waals surface area (Å²) in [4.78, 5) is 29.1. The minimum atomic E-state index is -3.63. The van der Waals surface area contributed by atoms with E-state index in [1.807, 2.05) is 0 Å². The molecule has 0 radical (unpaired) electrons. The van der Waals surface area contributed by atoms with E-state index in [4.69, 9.17) is 4.74 Å². The smallest absolute Gasteiger partial charge is 0.341 e. The summed E-state index contributed by atoms with van der Waals surface area (Å²) in [6, 6.07) is 6.00. The highest BCUT2D eigenvalue weighted by molar-refractivity contribution is 7.89. The second kappa shape index (κ2) is 10.8. The number of hydrogen-bond donors (Lipinski definition) is 1. The van der Waals surface area contributed by atoms with Crippen molar-refractivity contribution in [1.29, 1.82) is 0 Å². The Bertz CT molecular complexity index is 1180. The zero-order valence-electron chi connectivity index (χ0n) is 20.5. The topological polar surface area (TPSA) is 96.0 Å². The predicted octanol–water partition coefficient (Wildman–Crippen LogP) is 4.12. The van der Waals surface area contributed by atoms with Gasteiger partial charge in [-0.2, -0.15) is 4.31 Å². The van der Waals surface area contributed by atoms with Crippen LogP contribution in [0.1, 0.15) is 70.2 Å². The van der Waals surface area contributed by atoms with Gasteiger partial charge >= 0.3 is 5.97 Å². The number of sulfonamides is 1. The lowest BCUT2D eigenvalue weighted by Crippen LogP contribution is -2.38. The molecule has 1 saturated carbocycles. The Morgan fingerprint density at radius 2 is 1.86 bits per heavy atom. The molecule has 1 fully saturated rings. The van der Waals surface area contributed by atoms with Gasteiger partial charge in [-0.3, -0.25) is 9.69 Å². The summed E-state index contributed by atoms with van der Waals surface area (Å²) in [7, 11) is -0.660. The quantitative estimate of drug-likeness (QED) is 0.553. The van der Waals surface area contributed by atoms with Crippen molar-refractivity contribution in [2.75, 3.05) is 32.6 Å². The number of esters is 1. The number of carbonyl (C=O) groups excluding carboxylic acids is 2. The van der Waals surface area contributed by atoms with Crippen LogP contribution in [0, 0.1) is 0 Å². The average Bonchev–Trinajstić information content (AvgIpc) is 3.25. The lowest BCUT2D eigenvalue weighted by atomic mass is 9.96. The van der Waals surface area contributed by atoms with Crippen LogP contribution in [0.2, 0.25) is 0 Å². The first kappa shape index (κ1) is 25.8. The molecular weight excluding hydrogens is 486 g/mol. The molecule has 2 aliphatic rings. The van der Waals surface area contributed by atoms with Crippen molar-refractivity contribution in [2.24, 2.45) is 0 Å². The number of likely N-dealkylation sites (N-methyl/N-ethyl adjacent to an activating group) is 1. The lowest BCUT2D eigenvalue weighted by Gasteiger charge is -2.30. The zero-order valence-corrected chi connectivity index (χ0v) is 22.1. The van der Waals surface area contributed by atoms with E-state index in [2.05, 4.69) is 17.1 Å². The van der Waals surface area contributed by atoms with Gasteiger partial charge in [0.2, 0.25) is 10.0 Å². The van der Waals surface area contributed by atoms with Crippen LogP contribution in [0.3, 0.4) is 0 Å². The molecule has 190 valence electrons. The number of ether oxygens (including phenoxy) is 1. The van der Waals surface area contributed by atoms with E-state index in [9.17, 15) is 18.0 Å². The number of nitrogens with zero attached hydrogens (tertiary/aromatic N) is 2. The number of nitrogens with one attached hydrogen (secondary N) is 1. The van der Waals surface area contributed by atoms with Crippen LogP contribution in [-0.4, -0.2) is 62.8 Å². The summed E-state index contributed by atoms with van der Waals surface area (Å²) in [5, 5.41) is 3.34. The molecule has 2 aromatic rings. The van der Waals surface area contributed by atoms with Gasteiger partial charge in [0.05, 0.1) is 17.6 Å². The zero-order chi connectivity index (χ0) is 25.2. The van der Waals surface area contributed by atoms with E-state index in [1.54, 1.807) is 7.05 Å². The summed E-state index contributed by atoms with van der Waals surface area (Å²) in [5.74, 6) is -0.861. The monoisotopic (exact) mass is 519 g/mol. The highest BCUT2D eigenvalue weighted by atomic mass is 32.2. The van der Waals surface area contributed by atoms with Crippen LogP contribution in [0.15, 0.2) is 29.2 Å². The van der Waals surface area contributed by atoms with Gasteiger partial charge in [0.25, 0.3) is 5.91 Å². The second-order valence-electron chi connectivity index (χ2n) is 9.11. The van der Waals surface area contributed by atoms with Crippen molar-refractivity contribution in [3.05, 3.63) is 45.8 Å². The molecule has 1 aliphatic heterocycles. The van der Waals surface area contributed by atoms with Crippen molar-refractivity contribution in [3.8, 4) is 0 Å². The van der Waals surface area contributed by atoms with Gasteiger partial charge in [-0.15, -0.1) is 11.3 Å². The Kier molecular flexibility index (Phi) is 7.95. The number of carbonyl (C=O) groups is 2. The molecule has 1 N–H and O–H groups in total. The van der Waals surface area contributed by atoms with Gasteiger partial charge in [-0.1, -0.05) is 26.2 Å². The van der Waals surface area contributed by atoms with Crippen LogP contribution in [0.5, 0.6) is 0 Å². The molecule has 8 nitrogen and oxygen atoms in total. The average molecular weight is 520 g/mol. The number of methoxy groups -OCH3 is 1. The molecule has 1 aromatic heterocycles. The fourth-order valence-corrected chi connectivity index (χ4v) is 7.58. The van der Waals surface area contributed by atoms with Gasteiger partial charge in [-0.05, 0) is 55.6 Å². The van der Waals surface area contributed by atoms with E-state index in [0.717, 1.165) is 68.6 Å². The van der Waals surface area contributed by atoms with Gasteiger partial charge in [-0.25, -0.2) is 13.2 Å². The minimum Gasteiger partial charge on any atom is -0.465 e. The number of rotatable bonds is 7. The van der Waals surface area contributed by atoms with Crippen LogP contribution < -0.4 is 5.32 Å². The number of thiophene rings is 1. The Balaban J connectivity index is 1.53. The highest BCUT2D eigenvalue weighted by Gasteiger charge is 2.30. The van der Waals surface area contributed by atoms with E-state index in [0.29, 0.717) is 16.1 Å². The number of benzene rings is 1. The fourth-order valence-electron chi connectivity index (χ4n) is 4.89. The van der Waals surface area contributed by atoms with E-state index in [-0.39, 0.29) is 10.9 Å². The van der Waals surface area contributed by atoms with Gasteiger partial charge in [0.1, 0.15) is 5.00 Å². The normalized spacial score (nSPS) is 17.3. The van der Waals surface area contributed by atoms with E-state index < -0.39 is 21.9 Å². The molecule has 0 unspecified atom stereocenters. The molecule has 0 bridgehead atoms. The van der Waals surface area contributed by atoms with Crippen LogP contribution in [0.25, 0.3) is 0 Å². The third-order valence-electron chi connectivity index (χ3n) is 7.08. The highest BCUT2D eigenvalue weighted by Crippen LogP contribution is 2.38. The molecule has 2 heterocycles. The lowest BCUT2D eigenvalue weighted by molar-refractivity contribution is 0.0600. The SMILES string of the molecule is CCN1CCc2c(sc(NC(=O)c3ccc(S(=O)(=O)N(C)C4CCCCC4)cc3)c2C(=O)OC)C1. The largest absolute Gasteiger partial charge is 0.465 e. The maximum absolute atomic E-state index is 13.1. The van der Waals surface area contributed by atoms with Crippen molar-refractivity contribution in [3.63, 3.8) is 0 Å². The Morgan fingerprint density at radius 3 is 2.49 bits per heavy atom. The molecular formula is C25H33N3O5S2. The minimum absolute atomic E-state index is 0.0157. The van der Waals surface area contributed by atoms with Crippen LogP contribution in [-0.2, 0) is 27.7 Å². The molecule has 35 heavy (non-hydrogen) atoms. The molecule has 1 aromatic carbocycles. The Labute approximate surface area is 211 Å². The maximum Gasteiger partial charge on any atom is 0.341 e. The summed E-state index contributed by atoms with van der Waals surface area (Å²) in [5.41, 5.74) is 1.68. The molecule has 1 amide bonds. The standard InChI is InChI=1S/C25H33N3O5S2/c1-4-28-15-14-20-21(16-28)34-24(22(20)25(30)33-3)26-23(29)17-10-12-19(13-11-17)35(31,32)27(2)18-8-6-5-7-9-18/h10-13,18H,4-9,14-16H2,1-3H3,(H,26,29). The molecule has 4 rings (SSSR count). The van der Waals surface area contributed by atoms with Crippen LogP contribution >= 0.6 is 11.3 Å². The van der Waals surface area contributed by atoms with E-state index in [1.165, 1.54) is 47.0 Å². The van der Waals surface area contributed by atoms with Gasteiger partial charge in [0, 0.05) is 36.6 Å². The summed E-state index contributed by atoms with van der Waals surface area (Å²) in [6.07, 6.45) is 5.70. The maximum atomic E-state index is 13.1. The first-order valence-corrected chi connectivity index (χ1v) is 14.4. The third-order valence-corrected chi connectivity index (χ3v) is 10.1. The molecule has 0 saturated heterocycles. The number of hydrogen-bond acceptors (Lipinski definition) is 7. The Morgan fingerprint density at radius 1 is 1.17 bits per heavy atom. The second-order valence-corrected chi connectivity index (χ2v) is 12.2. The third kappa shape index (κ3) is 5.30. The van der Waals surface area contributed by atoms with Crippen molar-refractivity contribution >= 4 is 38.2 Å². The van der Waals surface area contributed by atoms with Gasteiger partial charge < -0.3 is 10.1 Å². The number of amides is 1. The predicted molar refractivity (Wildman–Crippen MR) is 137 cm³/mol. The Hall–Kier alpha value is -2.27. The first-order chi connectivity index (χ1) is 16.8. The first-order valence-electron chi connectivity index (χ1n) is 12.1. The molecule has 10 heteroatoms. The van der Waals surface area contributed by atoms with Crippen LogP contribution in [0.4, 0.5) is 5.00 Å². The summed E-state index contributed by atoms with van der Waals surface area (Å²) >= 11 is 1.40.